The van der Waals surface area contributed by atoms with Gasteiger partial charge in [-0.2, -0.15) is 5.10 Å². The first-order valence-electron chi connectivity index (χ1n) is 5.02. The summed E-state index contributed by atoms with van der Waals surface area (Å²) in [5, 5.41) is 4.26. The van der Waals surface area contributed by atoms with Gasteiger partial charge in [-0.25, -0.2) is 0 Å². The normalized spacial score (nSPS) is 11.1. The van der Waals surface area contributed by atoms with Crippen molar-refractivity contribution >= 4 is 0 Å². The Morgan fingerprint density at radius 3 is 2.93 bits per heavy atom. The molecule has 0 spiro atoms. The third-order valence-electron chi connectivity index (χ3n) is 1.82. The van der Waals surface area contributed by atoms with E-state index in [9.17, 15) is 0 Å². The summed E-state index contributed by atoms with van der Waals surface area (Å²) in [4.78, 5) is 0. The molecule has 0 radical (unpaired) electrons. The van der Waals surface area contributed by atoms with Crippen LogP contribution in [0.5, 0.6) is 0 Å². The van der Waals surface area contributed by atoms with Gasteiger partial charge in [0.05, 0.1) is 18.8 Å². The van der Waals surface area contributed by atoms with Crippen molar-refractivity contribution in [3.63, 3.8) is 0 Å². The van der Waals surface area contributed by atoms with Gasteiger partial charge in [-0.3, -0.25) is 4.68 Å². The second-order valence-corrected chi connectivity index (χ2v) is 3.74. The number of nitrogens with two attached hydrogens (primary N) is 1. The van der Waals surface area contributed by atoms with E-state index >= 15 is 0 Å². The number of hydrogen-bond donors (Lipinski definition) is 1. The fraction of sp³-hybridized carbons (Fsp3) is 0.700. The maximum Gasteiger partial charge on any atom is 0.0760 e. The Morgan fingerprint density at radius 2 is 2.36 bits per heavy atom. The smallest absolute Gasteiger partial charge is 0.0760 e. The van der Waals surface area contributed by atoms with Crippen LogP contribution in [0.15, 0.2) is 12.3 Å². The lowest BCUT2D eigenvalue weighted by Crippen LogP contribution is -2.10. The van der Waals surface area contributed by atoms with E-state index in [0.29, 0.717) is 19.1 Å². The first kappa shape index (κ1) is 11.2. The fourth-order valence-corrected chi connectivity index (χ4v) is 1.11. The van der Waals surface area contributed by atoms with Crippen LogP contribution in [0.25, 0.3) is 0 Å². The van der Waals surface area contributed by atoms with Crippen LogP contribution in [-0.2, 0) is 17.8 Å². The summed E-state index contributed by atoms with van der Waals surface area (Å²) in [6.07, 6.45) is 1.93. The standard InChI is InChI=1S/C10H19N3O/c1-9(2)8-14-6-5-13-4-3-10(7-11)12-13/h3-4,9H,5-8,11H2,1-2H3. The van der Waals surface area contributed by atoms with Crippen molar-refractivity contribution in [2.24, 2.45) is 11.7 Å². The molecule has 0 aliphatic carbocycles. The van der Waals surface area contributed by atoms with Gasteiger partial charge in [0.25, 0.3) is 0 Å². The summed E-state index contributed by atoms with van der Waals surface area (Å²) in [5.74, 6) is 0.590. The van der Waals surface area contributed by atoms with Crippen molar-refractivity contribution in [1.29, 1.82) is 0 Å². The van der Waals surface area contributed by atoms with E-state index in [2.05, 4.69) is 18.9 Å². The number of rotatable bonds is 6. The van der Waals surface area contributed by atoms with Crippen molar-refractivity contribution in [2.75, 3.05) is 13.2 Å². The zero-order valence-corrected chi connectivity index (χ0v) is 8.94. The molecule has 0 atom stereocenters. The van der Waals surface area contributed by atoms with Crippen molar-refractivity contribution in [1.82, 2.24) is 9.78 Å². The van der Waals surface area contributed by atoms with Crippen LogP contribution >= 0.6 is 0 Å². The molecule has 1 rings (SSSR count). The summed E-state index contributed by atoms with van der Waals surface area (Å²) in [6.45, 7) is 7.10. The molecule has 0 saturated heterocycles. The lowest BCUT2D eigenvalue weighted by atomic mass is 10.2. The Hall–Kier alpha value is -0.870. The zero-order valence-electron chi connectivity index (χ0n) is 8.94. The van der Waals surface area contributed by atoms with E-state index in [4.69, 9.17) is 10.5 Å². The van der Waals surface area contributed by atoms with Crippen LogP contribution in [0.4, 0.5) is 0 Å². The Balaban J connectivity index is 2.18. The minimum atomic E-state index is 0.500. The Bertz CT molecular complexity index is 258. The van der Waals surface area contributed by atoms with Gasteiger partial charge in [-0.1, -0.05) is 13.8 Å². The van der Waals surface area contributed by atoms with Crippen LogP contribution in [0.1, 0.15) is 19.5 Å². The average Bonchev–Trinajstić information content (AvgIpc) is 2.60. The quantitative estimate of drug-likeness (QED) is 0.693. The van der Waals surface area contributed by atoms with Crippen LogP contribution in [0.3, 0.4) is 0 Å². The number of nitrogens with zero attached hydrogens (tertiary/aromatic N) is 2. The van der Waals surface area contributed by atoms with E-state index in [1.54, 1.807) is 0 Å². The average molecular weight is 197 g/mol. The van der Waals surface area contributed by atoms with Crippen molar-refractivity contribution in [2.45, 2.75) is 26.9 Å². The molecule has 0 saturated carbocycles. The van der Waals surface area contributed by atoms with Crippen LogP contribution in [-0.4, -0.2) is 23.0 Å². The predicted molar refractivity (Wildman–Crippen MR) is 55.8 cm³/mol. The molecule has 0 unspecified atom stereocenters. The highest BCUT2D eigenvalue weighted by Gasteiger charge is 1.97. The van der Waals surface area contributed by atoms with Gasteiger partial charge in [0.15, 0.2) is 0 Å². The molecule has 0 aromatic carbocycles. The third-order valence-corrected chi connectivity index (χ3v) is 1.82. The summed E-state index contributed by atoms with van der Waals surface area (Å²) < 4.78 is 7.31. The van der Waals surface area contributed by atoms with E-state index in [1.807, 2.05) is 16.9 Å². The van der Waals surface area contributed by atoms with Crippen molar-refractivity contribution in [3.05, 3.63) is 18.0 Å². The lowest BCUT2D eigenvalue weighted by Gasteiger charge is -2.06. The van der Waals surface area contributed by atoms with E-state index < -0.39 is 0 Å². The highest BCUT2D eigenvalue weighted by atomic mass is 16.5. The molecule has 0 amide bonds. The Morgan fingerprint density at radius 1 is 1.57 bits per heavy atom. The van der Waals surface area contributed by atoms with Gasteiger partial charge in [0.1, 0.15) is 0 Å². The van der Waals surface area contributed by atoms with E-state index in [1.165, 1.54) is 0 Å². The first-order valence-corrected chi connectivity index (χ1v) is 5.02. The number of hydrogen-bond acceptors (Lipinski definition) is 3. The molecular weight excluding hydrogens is 178 g/mol. The fourth-order valence-electron chi connectivity index (χ4n) is 1.11. The van der Waals surface area contributed by atoms with Gasteiger partial charge >= 0.3 is 0 Å². The molecule has 4 heteroatoms. The Kier molecular flexibility index (Phi) is 4.62. The van der Waals surface area contributed by atoms with Gasteiger partial charge in [0.2, 0.25) is 0 Å². The predicted octanol–water partition coefficient (Wildman–Crippen LogP) is 1.01. The van der Waals surface area contributed by atoms with Gasteiger partial charge in [0, 0.05) is 19.3 Å². The summed E-state index contributed by atoms with van der Waals surface area (Å²) in [5.41, 5.74) is 6.38. The first-order chi connectivity index (χ1) is 6.72. The van der Waals surface area contributed by atoms with Gasteiger partial charge in [-0.05, 0) is 12.0 Å². The molecule has 0 bridgehead atoms. The molecule has 0 aliphatic rings. The Labute approximate surface area is 85.0 Å². The second-order valence-electron chi connectivity index (χ2n) is 3.74. The second kappa shape index (κ2) is 5.78. The van der Waals surface area contributed by atoms with Crippen LogP contribution < -0.4 is 5.73 Å². The molecule has 80 valence electrons. The summed E-state index contributed by atoms with van der Waals surface area (Å²) in [6, 6.07) is 1.93. The monoisotopic (exact) mass is 197 g/mol. The molecule has 14 heavy (non-hydrogen) atoms. The topological polar surface area (TPSA) is 53.1 Å². The molecule has 0 fully saturated rings. The third kappa shape index (κ3) is 3.89. The summed E-state index contributed by atoms with van der Waals surface area (Å²) in [7, 11) is 0. The van der Waals surface area contributed by atoms with Crippen molar-refractivity contribution < 1.29 is 4.74 Å². The van der Waals surface area contributed by atoms with Crippen molar-refractivity contribution in [3.8, 4) is 0 Å². The molecular formula is C10H19N3O. The molecule has 1 heterocycles. The van der Waals surface area contributed by atoms with Gasteiger partial charge in [-0.15, -0.1) is 0 Å². The molecule has 0 aliphatic heterocycles. The highest BCUT2D eigenvalue weighted by molar-refractivity contribution is 4.97. The van der Waals surface area contributed by atoms with E-state index in [-0.39, 0.29) is 0 Å². The largest absolute Gasteiger partial charge is 0.379 e. The SMILES string of the molecule is CC(C)COCCn1ccc(CN)n1. The zero-order chi connectivity index (χ0) is 10.4. The number of ether oxygens (including phenoxy) is 1. The molecule has 1 aromatic heterocycles. The maximum absolute atomic E-state index is 5.45. The summed E-state index contributed by atoms with van der Waals surface area (Å²) >= 11 is 0. The minimum absolute atomic E-state index is 0.500. The van der Waals surface area contributed by atoms with Crippen LogP contribution in [0.2, 0.25) is 0 Å². The lowest BCUT2D eigenvalue weighted by molar-refractivity contribution is 0.101. The molecule has 1 aromatic rings. The minimum Gasteiger partial charge on any atom is -0.379 e. The maximum atomic E-state index is 5.45. The van der Waals surface area contributed by atoms with Crippen LogP contribution in [0, 0.1) is 5.92 Å². The molecule has 4 nitrogen and oxygen atoms in total. The molecule has 2 N–H and O–H groups in total. The van der Waals surface area contributed by atoms with Gasteiger partial charge < -0.3 is 10.5 Å². The van der Waals surface area contributed by atoms with E-state index in [0.717, 1.165) is 18.8 Å². The number of aromatic nitrogens is 2. The highest BCUT2D eigenvalue weighted by Crippen LogP contribution is 1.95.